The molecule has 108 valence electrons. The molecule has 0 heterocycles. The van der Waals surface area contributed by atoms with E-state index in [1.54, 1.807) is 12.1 Å². The Kier molecular flexibility index (Phi) is 6.46. The van der Waals surface area contributed by atoms with Gasteiger partial charge in [0, 0.05) is 6.54 Å². The van der Waals surface area contributed by atoms with Crippen LogP contribution in [0, 0.1) is 0 Å². The van der Waals surface area contributed by atoms with Gasteiger partial charge in [0.2, 0.25) is 5.91 Å². The number of nitrogens with one attached hydrogen (secondary N) is 1. The van der Waals surface area contributed by atoms with Crippen molar-refractivity contribution >= 4 is 11.9 Å². The summed E-state index contributed by atoms with van der Waals surface area (Å²) >= 11 is 0. The molecule has 0 aliphatic rings. The Hall–Kier alpha value is -2.14. The summed E-state index contributed by atoms with van der Waals surface area (Å²) in [5.74, 6) is -1.09. The van der Waals surface area contributed by atoms with Gasteiger partial charge in [0.1, 0.15) is 0 Å². The molecule has 2 N–H and O–H groups in total. The second kappa shape index (κ2) is 8.12. The lowest BCUT2D eigenvalue weighted by molar-refractivity contribution is -0.120. The van der Waals surface area contributed by atoms with Crippen molar-refractivity contribution in [2.45, 2.75) is 13.3 Å². The van der Waals surface area contributed by atoms with Crippen LogP contribution in [0.15, 0.2) is 36.4 Å². The summed E-state index contributed by atoms with van der Waals surface area (Å²) in [6.07, 6.45) is 0.223. The number of carbonyl (C=O) groups excluding carboxylic acids is 1. The number of aromatic carboxylic acids is 1. The van der Waals surface area contributed by atoms with Crippen LogP contribution in [0.1, 0.15) is 22.8 Å². The summed E-state index contributed by atoms with van der Waals surface area (Å²) in [5.41, 5.74) is 1.92. The third-order valence-electron chi connectivity index (χ3n) is 2.48. The highest BCUT2D eigenvalue weighted by Gasteiger charge is 2.05. The van der Waals surface area contributed by atoms with E-state index in [4.69, 9.17) is 9.84 Å². The molecule has 0 spiro atoms. The lowest BCUT2D eigenvalue weighted by atomic mass is 10.1. The van der Waals surface area contributed by atoms with E-state index in [1.165, 1.54) is 12.1 Å². The fourth-order valence-corrected chi connectivity index (χ4v) is 1.52. The Bertz CT molecular complexity index is 479. The van der Waals surface area contributed by atoms with Gasteiger partial charge in [-0.1, -0.05) is 24.3 Å². The quantitative estimate of drug-likeness (QED) is 0.559. The van der Waals surface area contributed by atoms with Gasteiger partial charge in [-0.2, -0.15) is 0 Å². The minimum absolute atomic E-state index is 0.119. The minimum atomic E-state index is -0.976. The van der Waals surface area contributed by atoms with E-state index >= 15 is 0 Å². The van der Waals surface area contributed by atoms with Crippen LogP contribution >= 0.6 is 0 Å². The molecule has 0 saturated carbocycles. The van der Waals surface area contributed by atoms with E-state index in [9.17, 15) is 9.59 Å². The zero-order valence-corrected chi connectivity index (χ0v) is 11.5. The number of amides is 1. The predicted molar refractivity (Wildman–Crippen MR) is 75.7 cm³/mol. The first-order chi connectivity index (χ1) is 9.49. The molecule has 1 amide bonds. The first-order valence-corrected chi connectivity index (χ1v) is 6.30. The minimum Gasteiger partial charge on any atom is -0.478 e. The molecule has 1 aromatic carbocycles. The van der Waals surface area contributed by atoms with E-state index in [0.29, 0.717) is 19.8 Å². The number of ether oxygens (including phenoxy) is 1. The molecule has 0 aliphatic heterocycles. The Morgan fingerprint density at radius 3 is 2.50 bits per heavy atom. The molecule has 0 radical (unpaired) electrons. The molecule has 0 unspecified atom stereocenters. The normalized spacial score (nSPS) is 10.1. The zero-order valence-electron chi connectivity index (χ0n) is 11.5. The van der Waals surface area contributed by atoms with Gasteiger partial charge in [0.15, 0.2) is 0 Å². The Morgan fingerprint density at radius 1 is 1.30 bits per heavy atom. The van der Waals surface area contributed by atoms with Crippen molar-refractivity contribution in [3.05, 3.63) is 47.5 Å². The molecule has 0 atom stereocenters. The second-order valence-electron chi connectivity index (χ2n) is 4.54. The summed E-state index contributed by atoms with van der Waals surface area (Å²) in [6, 6.07) is 6.25. The number of rotatable bonds is 8. The number of carboxylic acid groups (broad SMARTS) is 1. The Morgan fingerprint density at radius 2 is 1.95 bits per heavy atom. The lowest BCUT2D eigenvalue weighted by Gasteiger charge is -2.06. The van der Waals surface area contributed by atoms with Gasteiger partial charge in [0.05, 0.1) is 25.2 Å². The number of hydrogen-bond acceptors (Lipinski definition) is 3. The molecule has 5 heteroatoms. The predicted octanol–water partition coefficient (Wildman–Crippen LogP) is 1.64. The largest absolute Gasteiger partial charge is 0.478 e. The molecule has 0 aliphatic carbocycles. The Balaban J connectivity index is 2.28. The summed E-state index contributed by atoms with van der Waals surface area (Å²) in [4.78, 5) is 22.3. The molecule has 5 nitrogen and oxygen atoms in total. The molecule has 20 heavy (non-hydrogen) atoms. The maximum Gasteiger partial charge on any atom is 0.335 e. The maximum absolute atomic E-state index is 11.6. The standard InChI is InChI=1S/C15H19NO4/c1-11(2)10-20-8-7-16-14(17)9-12-3-5-13(6-4-12)15(18)19/h3-6H,1,7-10H2,2H3,(H,16,17)(H,18,19). The van der Waals surface area contributed by atoms with Gasteiger partial charge in [-0.3, -0.25) is 4.79 Å². The molecule has 0 fully saturated rings. The molecule has 1 rings (SSSR count). The first-order valence-electron chi connectivity index (χ1n) is 6.30. The van der Waals surface area contributed by atoms with Crippen molar-refractivity contribution in [1.29, 1.82) is 0 Å². The third kappa shape index (κ3) is 6.15. The number of hydrogen-bond donors (Lipinski definition) is 2. The molecule has 0 saturated heterocycles. The number of benzene rings is 1. The molecular weight excluding hydrogens is 258 g/mol. The van der Waals surface area contributed by atoms with Crippen LogP contribution in [-0.4, -0.2) is 36.7 Å². The average molecular weight is 277 g/mol. The van der Waals surface area contributed by atoms with Crippen LogP contribution < -0.4 is 5.32 Å². The molecule has 0 bridgehead atoms. The van der Waals surface area contributed by atoms with Crippen LogP contribution in [0.25, 0.3) is 0 Å². The van der Waals surface area contributed by atoms with Crippen LogP contribution in [0.5, 0.6) is 0 Å². The van der Waals surface area contributed by atoms with Crippen LogP contribution in [0.2, 0.25) is 0 Å². The monoisotopic (exact) mass is 277 g/mol. The smallest absolute Gasteiger partial charge is 0.335 e. The second-order valence-corrected chi connectivity index (χ2v) is 4.54. The summed E-state index contributed by atoms with van der Waals surface area (Å²) < 4.78 is 5.26. The van der Waals surface area contributed by atoms with Crippen molar-refractivity contribution < 1.29 is 19.4 Å². The molecule has 0 aromatic heterocycles. The van der Waals surface area contributed by atoms with E-state index in [-0.39, 0.29) is 17.9 Å². The van der Waals surface area contributed by atoms with E-state index in [2.05, 4.69) is 11.9 Å². The van der Waals surface area contributed by atoms with Gasteiger partial charge in [0.25, 0.3) is 0 Å². The summed E-state index contributed by atoms with van der Waals surface area (Å²) in [7, 11) is 0. The van der Waals surface area contributed by atoms with Gasteiger partial charge in [-0.15, -0.1) is 0 Å². The maximum atomic E-state index is 11.6. The van der Waals surface area contributed by atoms with E-state index in [1.807, 2.05) is 6.92 Å². The van der Waals surface area contributed by atoms with Crippen molar-refractivity contribution in [1.82, 2.24) is 5.32 Å². The fourth-order valence-electron chi connectivity index (χ4n) is 1.52. The van der Waals surface area contributed by atoms with Gasteiger partial charge < -0.3 is 15.2 Å². The van der Waals surface area contributed by atoms with Gasteiger partial charge in [-0.05, 0) is 24.6 Å². The van der Waals surface area contributed by atoms with Crippen LogP contribution in [0.4, 0.5) is 0 Å². The van der Waals surface area contributed by atoms with Crippen molar-refractivity contribution in [3.8, 4) is 0 Å². The van der Waals surface area contributed by atoms with Crippen molar-refractivity contribution in [3.63, 3.8) is 0 Å². The lowest BCUT2D eigenvalue weighted by Crippen LogP contribution is -2.28. The Labute approximate surface area is 118 Å². The topological polar surface area (TPSA) is 75.6 Å². The number of carboxylic acids is 1. The highest BCUT2D eigenvalue weighted by molar-refractivity contribution is 5.87. The zero-order chi connectivity index (χ0) is 15.0. The van der Waals surface area contributed by atoms with Gasteiger partial charge in [-0.25, -0.2) is 4.79 Å². The molecular formula is C15H19NO4. The van der Waals surface area contributed by atoms with Crippen molar-refractivity contribution in [2.75, 3.05) is 19.8 Å². The number of carbonyl (C=O) groups is 2. The summed E-state index contributed by atoms with van der Waals surface area (Å²) in [6.45, 7) is 6.96. The first kappa shape index (κ1) is 15.9. The highest BCUT2D eigenvalue weighted by atomic mass is 16.5. The van der Waals surface area contributed by atoms with Crippen molar-refractivity contribution in [2.24, 2.45) is 0 Å². The van der Waals surface area contributed by atoms with Gasteiger partial charge >= 0.3 is 5.97 Å². The average Bonchev–Trinajstić information content (AvgIpc) is 2.38. The van der Waals surface area contributed by atoms with Crippen LogP contribution in [-0.2, 0) is 16.0 Å². The SMILES string of the molecule is C=C(C)COCCNC(=O)Cc1ccc(C(=O)O)cc1. The fraction of sp³-hybridized carbons (Fsp3) is 0.333. The summed E-state index contributed by atoms with van der Waals surface area (Å²) in [5, 5.41) is 11.5. The molecule has 1 aromatic rings. The highest BCUT2D eigenvalue weighted by Crippen LogP contribution is 2.05. The third-order valence-corrected chi connectivity index (χ3v) is 2.48. The van der Waals surface area contributed by atoms with E-state index in [0.717, 1.165) is 11.1 Å². The van der Waals surface area contributed by atoms with Crippen LogP contribution in [0.3, 0.4) is 0 Å². The van der Waals surface area contributed by atoms with E-state index < -0.39 is 5.97 Å².